The minimum atomic E-state index is -0.549. The Kier molecular flexibility index (Phi) is 5.88. The zero-order valence-electron chi connectivity index (χ0n) is 11.7. The minimum absolute atomic E-state index is 0.0537. The van der Waals surface area contributed by atoms with Crippen LogP contribution >= 0.6 is 0 Å². The lowest BCUT2D eigenvalue weighted by Gasteiger charge is -2.21. The van der Waals surface area contributed by atoms with E-state index in [2.05, 4.69) is 12.2 Å². The normalized spacial score (nSPS) is 17.6. The zero-order chi connectivity index (χ0) is 14.4. The van der Waals surface area contributed by atoms with Crippen molar-refractivity contribution >= 4 is 0 Å². The molecule has 0 aromatic heterocycles. The van der Waals surface area contributed by atoms with Crippen LogP contribution in [0.1, 0.15) is 25.3 Å². The second-order valence-electron chi connectivity index (χ2n) is 5.00. The molecule has 1 aromatic rings. The summed E-state index contributed by atoms with van der Waals surface area (Å²) in [6, 6.07) is 3.77. The van der Waals surface area contributed by atoms with Gasteiger partial charge in [-0.25, -0.2) is 8.78 Å². The highest BCUT2D eigenvalue weighted by Crippen LogP contribution is 2.17. The quantitative estimate of drug-likeness (QED) is 0.835. The molecule has 112 valence electrons. The molecule has 1 aliphatic rings. The summed E-state index contributed by atoms with van der Waals surface area (Å²) in [6.45, 7) is 4.14. The minimum Gasteiger partial charge on any atom is -0.350 e. The van der Waals surface area contributed by atoms with Gasteiger partial charge in [0, 0.05) is 18.5 Å². The summed E-state index contributed by atoms with van der Waals surface area (Å²) >= 11 is 0. The zero-order valence-corrected chi connectivity index (χ0v) is 11.7. The maximum Gasteiger partial charge on any atom is 0.159 e. The third-order valence-corrected chi connectivity index (χ3v) is 3.33. The van der Waals surface area contributed by atoms with E-state index < -0.39 is 11.6 Å². The van der Waals surface area contributed by atoms with Crippen LogP contribution in [0.3, 0.4) is 0 Å². The van der Waals surface area contributed by atoms with Gasteiger partial charge in [0.05, 0.1) is 13.2 Å². The number of halogens is 2. The van der Waals surface area contributed by atoms with Crippen molar-refractivity contribution in [3.63, 3.8) is 0 Å². The Morgan fingerprint density at radius 2 is 2.05 bits per heavy atom. The van der Waals surface area contributed by atoms with Crippen molar-refractivity contribution < 1.29 is 18.3 Å². The van der Waals surface area contributed by atoms with Crippen LogP contribution in [-0.4, -0.2) is 32.1 Å². The van der Waals surface area contributed by atoms with Gasteiger partial charge in [0.1, 0.15) is 11.6 Å². The molecule has 5 heteroatoms. The largest absolute Gasteiger partial charge is 0.350 e. The Hall–Kier alpha value is -1.04. The molecule has 1 unspecified atom stereocenters. The molecule has 20 heavy (non-hydrogen) atoms. The van der Waals surface area contributed by atoms with Crippen LogP contribution in [0.4, 0.5) is 8.78 Å². The molecule has 0 spiro atoms. The lowest BCUT2D eigenvalue weighted by molar-refractivity contribution is -0.0526. The molecule has 1 saturated heterocycles. The molecule has 0 bridgehead atoms. The van der Waals surface area contributed by atoms with E-state index >= 15 is 0 Å². The van der Waals surface area contributed by atoms with Crippen molar-refractivity contribution in [3.05, 3.63) is 35.4 Å². The van der Waals surface area contributed by atoms with Crippen LogP contribution in [0, 0.1) is 11.6 Å². The molecule has 1 heterocycles. The van der Waals surface area contributed by atoms with Gasteiger partial charge in [-0.15, -0.1) is 0 Å². The van der Waals surface area contributed by atoms with Crippen molar-refractivity contribution in [2.24, 2.45) is 0 Å². The van der Waals surface area contributed by atoms with Gasteiger partial charge in [-0.05, 0) is 31.0 Å². The van der Waals surface area contributed by atoms with E-state index in [-0.39, 0.29) is 12.3 Å². The first-order valence-corrected chi connectivity index (χ1v) is 7.09. The predicted molar refractivity (Wildman–Crippen MR) is 72.5 cm³/mol. The van der Waals surface area contributed by atoms with E-state index in [1.807, 2.05) is 0 Å². The van der Waals surface area contributed by atoms with Gasteiger partial charge in [0.25, 0.3) is 0 Å². The monoisotopic (exact) mass is 285 g/mol. The summed E-state index contributed by atoms with van der Waals surface area (Å²) in [5.74, 6) is -1.05. The summed E-state index contributed by atoms with van der Waals surface area (Å²) in [5, 5.41) is 3.37. The van der Waals surface area contributed by atoms with E-state index in [0.717, 1.165) is 19.0 Å². The standard InChI is InChI=1S/C15H21F2NO2/c1-2-5-18-13(10-15-19-6-7-20-15)8-11-3-4-12(16)9-14(11)17/h3-4,9,13,15,18H,2,5-8,10H2,1H3. The Morgan fingerprint density at radius 1 is 1.30 bits per heavy atom. The predicted octanol–water partition coefficient (Wildman–Crippen LogP) is 2.64. The van der Waals surface area contributed by atoms with Crippen molar-refractivity contribution in [1.82, 2.24) is 5.32 Å². The van der Waals surface area contributed by atoms with E-state index in [4.69, 9.17) is 9.47 Å². The first kappa shape index (κ1) is 15.4. The average Bonchev–Trinajstić information content (AvgIpc) is 2.92. The number of rotatable bonds is 7. The van der Waals surface area contributed by atoms with Crippen LogP contribution in [0.2, 0.25) is 0 Å². The number of benzene rings is 1. The summed E-state index contributed by atoms with van der Waals surface area (Å²) in [6.07, 6.45) is 1.92. The van der Waals surface area contributed by atoms with Crippen LogP contribution in [0.5, 0.6) is 0 Å². The van der Waals surface area contributed by atoms with Crippen molar-refractivity contribution in [1.29, 1.82) is 0 Å². The molecular formula is C15H21F2NO2. The SMILES string of the molecule is CCCNC(Cc1ccc(F)cc1F)CC1OCCO1. The fourth-order valence-corrected chi connectivity index (χ4v) is 2.32. The lowest BCUT2D eigenvalue weighted by atomic mass is 10.0. The van der Waals surface area contributed by atoms with E-state index in [1.54, 1.807) is 0 Å². The number of hydrogen-bond acceptors (Lipinski definition) is 3. The first-order valence-electron chi connectivity index (χ1n) is 7.09. The first-order chi connectivity index (χ1) is 9.69. The number of ether oxygens (including phenoxy) is 2. The second-order valence-corrected chi connectivity index (χ2v) is 5.00. The third kappa shape index (κ3) is 4.51. The molecule has 2 rings (SSSR count). The van der Waals surface area contributed by atoms with Gasteiger partial charge in [-0.1, -0.05) is 13.0 Å². The highest BCUT2D eigenvalue weighted by atomic mass is 19.1. The molecule has 1 atom stereocenters. The van der Waals surface area contributed by atoms with Crippen LogP contribution in [-0.2, 0) is 15.9 Å². The molecular weight excluding hydrogens is 264 g/mol. The maximum atomic E-state index is 13.7. The molecule has 1 fully saturated rings. The summed E-state index contributed by atoms with van der Waals surface area (Å²) in [5.41, 5.74) is 0.512. The van der Waals surface area contributed by atoms with Gasteiger partial charge in [-0.2, -0.15) is 0 Å². The summed E-state index contributed by atoms with van der Waals surface area (Å²) < 4.78 is 37.5. The Bertz CT molecular complexity index is 422. The maximum absolute atomic E-state index is 13.7. The Morgan fingerprint density at radius 3 is 2.70 bits per heavy atom. The van der Waals surface area contributed by atoms with E-state index in [9.17, 15) is 8.78 Å². The van der Waals surface area contributed by atoms with Gasteiger partial charge in [-0.3, -0.25) is 0 Å². The Labute approximate surface area is 118 Å². The van der Waals surface area contributed by atoms with E-state index in [1.165, 1.54) is 12.1 Å². The fourth-order valence-electron chi connectivity index (χ4n) is 2.32. The smallest absolute Gasteiger partial charge is 0.159 e. The van der Waals surface area contributed by atoms with Crippen molar-refractivity contribution in [3.8, 4) is 0 Å². The molecule has 0 aliphatic carbocycles. The molecule has 0 amide bonds. The molecule has 3 nitrogen and oxygen atoms in total. The third-order valence-electron chi connectivity index (χ3n) is 3.33. The van der Waals surface area contributed by atoms with Crippen LogP contribution in [0.15, 0.2) is 18.2 Å². The lowest BCUT2D eigenvalue weighted by Crippen LogP contribution is -2.35. The van der Waals surface area contributed by atoms with Crippen molar-refractivity contribution in [2.45, 2.75) is 38.5 Å². The molecule has 1 aromatic carbocycles. The average molecular weight is 285 g/mol. The molecule has 0 saturated carbocycles. The highest BCUT2D eigenvalue weighted by Gasteiger charge is 2.22. The number of nitrogens with one attached hydrogen (secondary N) is 1. The van der Waals surface area contributed by atoms with Gasteiger partial charge >= 0.3 is 0 Å². The topological polar surface area (TPSA) is 30.5 Å². The van der Waals surface area contributed by atoms with E-state index in [0.29, 0.717) is 31.6 Å². The Balaban J connectivity index is 1.97. The molecule has 0 radical (unpaired) electrons. The van der Waals surface area contributed by atoms with Gasteiger partial charge in [0.2, 0.25) is 0 Å². The summed E-state index contributed by atoms with van der Waals surface area (Å²) in [7, 11) is 0. The number of hydrogen-bond donors (Lipinski definition) is 1. The second kappa shape index (κ2) is 7.67. The summed E-state index contributed by atoms with van der Waals surface area (Å²) in [4.78, 5) is 0. The van der Waals surface area contributed by atoms with Gasteiger partial charge in [0.15, 0.2) is 6.29 Å². The van der Waals surface area contributed by atoms with Crippen LogP contribution < -0.4 is 5.32 Å². The molecule has 1 aliphatic heterocycles. The van der Waals surface area contributed by atoms with Crippen LogP contribution in [0.25, 0.3) is 0 Å². The fraction of sp³-hybridized carbons (Fsp3) is 0.600. The van der Waals surface area contributed by atoms with Gasteiger partial charge < -0.3 is 14.8 Å². The van der Waals surface area contributed by atoms with Crippen molar-refractivity contribution in [2.75, 3.05) is 19.8 Å². The highest BCUT2D eigenvalue weighted by molar-refractivity contribution is 5.19. The molecule has 1 N–H and O–H groups in total.